The summed E-state index contributed by atoms with van der Waals surface area (Å²) in [4.78, 5) is 22.4. The number of benzene rings is 2. The summed E-state index contributed by atoms with van der Waals surface area (Å²) in [6, 6.07) is 8.91. The minimum atomic E-state index is -4.86. The van der Waals surface area contributed by atoms with Crippen molar-refractivity contribution in [2.24, 2.45) is 0 Å². The van der Waals surface area contributed by atoms with E-state index in [1.54, 1.807) is 0 Å². The Morgan fingerprint density at radius 3 is 2.50 bits per heavy atom. The number of hydrogen-bond acceptors (Lipinski definition) is 5. The molecule has 0 bridgehead atoms. The molecule has 0 aliphatic rings. The lowest BCUT2D eigenvalue weighted by Gasteiger charge is -2.13. The van der Waals surface area contributed by atoms with Crippen molar-refractivity contribution in [3.8, 4) is 11.5 Å². The molecule has 0 aliphatic carbocycles. The van der Waals surface area contributed by atoms with Crippen LogP contribution in [0.4, 0.5) is 18.9 Å². The van der Waals surface area contributed by atoms with Gasteiger partial charge in [0.2, 0.25) is 0 Å². The number of carbonyl (C=O) groups excluding carboxylic acids is 1. The molecule has 1 amide bonds. The van der Waals surface area contributed by atoms with Gasteiger partial charge in [0.1, 0.15) is 5.75 Å². The average molecular weight is 370 g/mol. The summed E-state index contributed by atoms with van der Waals surface area (Å²) in [7, 11) is 1.25. The van der Waals surface area contributed by atoms with Crippen LogP contribution >= 0.6 is 0 Å². The molecule has 0 saturated carbocycles. The fraction of sp³-hybridized carbons (Fsp3) is 0.188. The Morgan fingerprint density at radius 2 is 1.88 bits per heavy atom. The first-order chi connectivity index (χ1) is 12.2. The monoisotopic (exact) mass is 370 g/mol. The number of nitrogens with zero attached hydrogens (tertiary/aromatic N) is 1. The van der Waals surface area contributed by atoms with Gasteiger partial charge in [0, 0.05) is 23.7 Å². The summed E-state index contributed by atoms with van der Waals surface area (Å²) in [5, 5.41) is 13.4. The lowest BCUT2D eigenvalue weighted by Crippen LogP contribution is -2.24. The summed E-state index contributed by atoms with van der Waals surface area (Å²) < 4.78 is 45.9. The predicted molar refractivity (Wildman–Crippen MR) is 83.9 cm³/mol. The van der Waals surface area contributed by atoms with Crippen LogP contribution in [0.5, 0.6) is 11.5 Å². The van der Waals surface area contributed by atoms with Crippen molar-refractivity contribution in [1.82, 2.24) is 5.32 Å². The number of hydrogen-bond donors (Lipinski definition) is 1. The Balaban J connectivity index is 2.15. The van der Waals surface area contributed by atoms with E-state index in [0.717, 1.165) is 12.1 Å². The third kappa shape index (κ3) is 4.85. The molecule has 0 radical (unpaired) electrons. The van der Waals surface area contributed by atoms with E-state index in [-0.39, 0.29) is 23.4 Å². The fourth-order valence-electron chi connectivity index (χ4n) is 2.13. The second kappa shape index (κ2) is 7.72. The Bertz CT molecular complexity index is 824. The van der Waals surface area contributed by atoms with Gasteiger partial charge in [-0.15, -0.1) is 13.2 Å². The molecule has 10 heteroatoms. The lowest BCUT2D eigenvalue weighted by molar-refractivity contribution is -0.385. The first-order valence-corrected chi connectivity index (χ1v) is 7.15. The van der Waals surface area contributed by atoms with E-state index in [0.29, 0.717) is 0 Å². The van der Waals surface area contributed by atoms with Gasteiger partial charge < -0.3 is 14.8 Å². The van der Waals surface area contributed by atoms with E-state index >= 15 is 0 Å². The first kappa shape index (κ1) is 19.0. The molecule has 0 fully saturated rings. The number of para-hydroxylation sites is 1. The number of rotatable bonds is 6. The second-order valence-corrected chi connectivity index (χ2v) is 4.98. The van der Waals surface area contributed by atoms with E-state index in [2.05, 4.69) is 10.1 Å². The van der Waals surface area contributed by atoms with Crippen molar-refractivity contribution in [3.63, 3.8) is 0 Å². The van der Waals surface area contributed by atoms with Crippen LogP contribution in [0.25, 0.3) is 0 Å². The van der Waals surface area contributed by atoms with Crippen LogP contribution in [0.2, 0.25) is 0 Å². The van der Waals surface area contributed by atoms with Gasteiger partial charge in [-0.05, 0) is 18.2 Å². The maximum absolute atomic E-state index is 12.4. The van der Waals surface area contributed by atoms with Gasteiger partial charge >= 0.3 is 12.0 Å². The number of ether oxygens (including phenoxy) is 2. The standard InChI is InChI=1S/C16H13F3N2O5/c1-25-14-7-6-10(8-12(14)21(23)24)15(22)20-9-11-4-2-3-5-13(11)26-16(17,18)19/h2-8H,9H2,1H3,(H,20,22). The molecule has 26 heavy (non-hydrogen) atoms. The van der Waals surface area contributed by atoms with Gasteiger partial charge in [-0.3, -0.25) is 14.9 Å². The number of nitro groups is 1. The Morgan fingerprint density at radius 1 is 1.19 bits per heavy atom. The highest BCUT2D eigenvalue weighted by Crippen LogP contribution is 2.28. The summed E-state index contributed by atoms with van der Waals surface area (Å²) in [6.45, 7) is -0.259. The number of amides is 1. The molecule has 0 aliphatic heterocycles. The molecule has 2 rings (SSSR count). The molecule has 0 saturated heterocycles. The third-order valence-electron chi connectivity index (χ3n) is 3.28. The maximum Gasteiger partial charge on any atom is 0.573 e. The van der Waals surface area contributed by atoms with Crippen LogP contribution in [0.15, 0.2) is 42.5 Å². The number of nitrogens with one attached hydrogen (secondary N) is 1. The van der Waals surface area contributed by atoms with Gasteiger partial charge in [0.05, 0.1) is 12.0 Å². The second-order valence-electron chi connectivity index (χ2n) is 4.98. The van der Waals surface area contributed by atoms with Crippen molar-refractivity contribution in [3.05, 3.63) is 63.7 Å². The summed E-state index contributed by atoms with van der Waals surface area (Å²) in [5.41, 5.74) is -0.339. The molecule has 2 aromatic rings. The fourth-order valence-corrected chi connectivity index (χ4v) is 2.13. The minimum Gasteiger partial charge on any atom is -0.490 e. The van der Waals surface area contributed by atoms with Crippen molar-refractivity contribution in [2.45, 2.75) is 12.9 Å². The van der Waals surface area contributed by atoms with Gasteiger partial charge in [-0.25, -0.2) is 0 Å². The maximum atomic E-state index is 12.4. The SMILES string of the molecule is COc1ccc(C(=O)NCc2ccccc2OC(F)(F)F)cc1[N+](=O)[O-]. The molecule has 138 valence electrons. The number of methoxy groups -OCH3 is 1. The molecule has 0 aromatic heterocycles. The van der Waals surface area contributed by atoms with E-state index < -0.39 is 28.6 Å². The molecule has 0 unspecified atom stereocenters. The largest absolute Gasteiger partial charge is 0.573 e. The molecule has 0 atom stereocenters. The van der Waals surface area contributed by atoms with Crippen molar-refractivity contribution in [1.29, 1.82) is 0 Å². The van der Waals surface area contributed by atoms with Crippen LogP contribution in [-0.4, -0.2) is 24.3 Å². The van der Waals surface area contributed by atoms with Crippen molar-refractivity contribution < 1.29 is 32.4 Å². The summed E-state index contributed by atoms with van der Waals surface area (Å²) in [5.74, 6) is -1.16. The number of nitro benzene ring substituents is 1. The number of alkyl halides is 3. The van der Waals surface area contributed by atoms with Gasteiger partial charge in [0.15, 0.2) is 5.75 Å². The zero-order valence-electron chi connectivity index (χ0n) is 13.4. The Labute approximate surface area is 145 Å². The quantitative estimate of drug-likeness (QED) is 0.621. The minimum absolute atomic E-state index is 0.0181. The van der Waals surface area contributed by atoms with E-state index in [4.69, 9.17) is 4.74 Å². The summed E-state index contributed by atoms with van der Waals surface area (Å²) >= 11 is 0. The van der Waals surface area contributed by atoms with Crippen molar-refractivity contribution >= 4 is 11.6 Å². The smallest absolute Gasteiger partial charge is 0.490 e. The van der Waals surface area contributed by atoms with Crippen LogP contribution in [-0.2, 0) is 6.54 Å². The molecular formula is C16H13F3N2O5. The molecule has 7 nitrogen and oxygen atoms in total. The van der Waals surface area contributed by atoms with Gasteiger partial charge in [-0.2, -0.15) is 0 Å². The summed E-state index contributed by atoms with van der Waals surface area (Å²) in [6.07, 6.45) is -4.86. The van der Waals surface area contributed by atoms with E-state index in [9.17, 15) is 28.1 Å². The highest BCUT2D eigenvalue weighted by molar-refractivity contribution is 5.95. The molecule has 2 aromatic carbocycles. The highest BCUT2D eigenvalue weighted by atomic mass is 19.4. The van der Waals surface area contributed by atoms with Crippen molar-refractivity contribution in [2.75, 3.05) is 7.11 Å². The van der Waals surface area contributed by atoms with Crippen LogP contribution in [0.3, 0.4) is 0 Å². The van der Waals surface area contributed by atoms with Crippen LogP contribution in [0, 0.1) is 10.1 Å². The number of carbonyl (C=O) groups is 1. The van der Waals surface area contributed by atoms with E-state index in [1.807, 2.05) is 0 Å². The lowest BCUT2D eigenvalue weighted by atomic mass is 10.1. The first-order valence-electron chi connectivity index (χ1n) is 7.15. The predicted octanol–water partition coefficient (Wildman–Crippen LogP) is 3.43. The van der Waals surface area contributed by atoms with Gasteiger partial charge in [0.25, 0.3) is 5.91 Å². The Kier molecular flexibility index (Phi) is 5.65. The third-order valence-corrected chi connectivity index (χ3v) is 3.28. The Hall–Kier alpha value is -3.30. The van der Waals surface area contributed by atoms with E-state index in [1.165, 1.54) is 37.4 Å². The van der Waals surface area contributed by atoms with Crippen LogP contribution in [0.1, 0.15) is 15.9 Å². The average Bonchev–Trinajstić information content (AvgIpc) is 2.58. The number of halogens is 3. The normalized spacial score (nSPS) is 10.9. The molecule has 0 heterocycles. The van der Waals surface area contributed by atoms with Gasteiger partial charge in [-0.1, -0.05) is 18.2 Å². The van der Waals surface area contributed by atoms with Crippen LogP contribution < -0.4 is 14.8 Å². The molecule has 0 spiro atoms. The molecule has 1 N–H and O–H groups in total. The zero-order chi connectivity index (χ0) is 19.3. The topological polar surface area (TPSA) is 90.7 Å². The molecular weight excluding hydrogens is 357 g/mol. The highest BCUT2D eigenvalue weighted by Gasteiger charge is 2.32. The zero-order valence-corrected chi connectivity index (χ0v) is 13.4.